The van der Waals surface area contributed by atoms with Gasteiger partial charge in [-0.05, 0) is 91.8 Å². The molecule has 35 heavy (non-hydrogen) atoms. The number of fused-ring (bicyclic) bond motifs is 1. The molecule has 2 aliphatic heterocycles. The highest BCUT2D eigenvalue weighted by molar-refractivity contribution is 6.30. The number of allylic oxidation sites excluding steroid dienone is 5. The molecule has 0 amide bonds. The molecule has 0 radical (unpaired) electrons. The molecule has 4 rings (SSSR count). The van der Waals surface area contributed by atoms with Crippen molar-refractivity contribution in [2.45, 2.75) is 38.2 Å². The van der Waals surface area contributed by atoms with Gasteiger partial charge < -0.3 is 19.8 Å². The van der Waals surface area contributed by atoms with E-state index in [0.29, 0.717) is 18.1 Å². The highest BCUT2D eigenvalue weighted by Crippen LogP contribution is 2.39. The topological polar surface area (TPSA) is 52.9 Å². The van der Waals surface area contributed by atoms with Crippen molar-refractivity contribution in [3.05, 3.63) is 101 Å². The van der Waals surface area contributed by atoms with Gasteiger partial charge in [-0.15, -0.1) is 0 Å². The second-order valence-electron chi connectivity index (χ2n) is 9.40. The van der Waals surface area contributed by atoms with Gasteiger partial charge in [0.2, 0.25) is 0 Å². The van der Waals surface area contributed by atoms with Gasteiger partial charge in [0.25, 0.3) is 0 Å². The van der Waals surface area contributed by atoms with Crippen LogP contribution in [0.3, 0.4) is 0 Å². The molecule has 0 aliphatic carbocycles. The summed E-state index contributed by atoms with van der Waals surface area (Å²) >= 11 is 6.04. The van der Waals surface area contributed by atoms with E-state index in [9.17, 15) is 10.2 Å². The molecule has 1 unspecified atom stereocenters. The third kappa shape index (κ3) is 6.07. The summed E-state index contributed by atoms with van der Waals surface area (Å²) in [6, 6.07) is 12.9. The van der Waals surface area contributed by atoms with Gasteiger partial charge >= 0.3 is 0 Å². The van der Waals surface area contributed by atoms with Gasteiger partial charge in [-0.25, -0.2) is 0 Å². The lowest BCUT2D eigenvalue weighted by Crippen LogP contribution is -2.29. The van der Waals surface area contributed by atoms with Crippen LogP contribution >= 0.6 is 11.6 Å². The van der Waals surface area contributed by atoms with Crippen LogP contribution in [0, 0.1) is 0 Å². The van der Waals surface area contributed by atoms with Gasteiger partial charge in [0.05, 0.1) is 5.60 Å². The number of hydrogen-bond acceptors (Lipinski definition) is 4. The van der Waals surface area contributed by atoms with E-state index in [1.807, 2.05) is 36.4 Å². The van der Waals surface area contributed by atoms with E-state index in [1.54, 1.807) is 18.2 Å². The SMILES string of the molecule is C=C/C=C\C1=C(C)COc2ccc(O)cc2/C1=C/CCN1CCCC(O)(c2ccc(Cl)cc2)CC1. The largest absolute Gasteiger partial charge is 0.508 e. The lowest BCUT2D eigenvalue weighted by molar-refractivity contribution is 0.0213. The van der Waals surface area contributed by atoms with Gasteiger partial charge in [-0.1, -0.05) is 54.6 Å². The van der Waals surface area contributed by atoms with Crippen LogP contribution < -0.4 is 4.74 Å². The van der Waals surface area contributed by atoms with Crippen molar-refractivity contribution < 1.29 is 14.9 Å². The molecule has 0 saturated carbocycles. The summed E-state index contributed by atoms with van der Waals surface area (Å²) in [6.45, 7) is 9.08. The maximum atomic E-state index is 11.3. The fraction of sp³-hybridized carbons (Fsp3) is 0.333. The molecule has 2 aromatic carbocycles. The Morgan fingerprint density at radius 2 is 1.94 bits per heavy atom. The Balaban J connectivity index is 1.51. The molecule has 2 aliphatic rings. The van der Waals surface area contributed by atoms with Crippen LogP contribution in [0.15, 0.2) is 84.5 Å². The van der Waals surface area contributed by atoms with Gasteiger partial charge in [0.15, 0.2) is 0 Å². The molecule has 2 heterocycles. The van der Waals surface area contributed by atoms with E-state index in [1.165, 1.54) is 0 Å². The molecule has 2 N–H and O–H groups in total. The number of phenolic OH excluding ortho intramolecular Hbond substituents is 1. The van der Waals surface area contributed by atoms with Crippen molar-refractivity contribution in [2.75, 3.05) is 26.2 Å². The van der Waals surface area contributed by atoms with Crippen molar-refractivity contribution in [3.8, 4) is 11.5 Å². The van der Waals surface area contributed by atoms with Crippen molar-refractivity contribution in [2.24, 2.45) is 0 Å². The zero-order valence-electron chi connectivity index (χ0n) is 20.3. The first-order chi connectivity index (χ1) is 16.9. The van der Waals surface area contributed by atoms with Crippen molar-refractivity contribution in [1.29, 1.82) is 0 Å². The summed E-state index contributed by atoms with van der Waals surface area (Å²) in [5.74, 6) is 0.997. The Labute approximate surface area is 213 Å². The van der Waals surface area contributed by atoms with Crippen molar-refractivity contribution >= 4 is 17.2 Å². The average molecular weight is 492 g/mol. The maximum Gasteiger partial charge on any atom is 0.127 e. The minimum atomic E-state index is -0.810. The smallest absolute Gasteiger partial charge is 0.127 e. The average Bonchev–Trinajstić information content (AvgIpc) is 3.11. The van der Waals surface area contributed by atoms with Crippen LogP contribution in [0.25, 0.3) is 5.57 Å². The van der Waals surface area contributed by atoms with Gasteiger partial charge in [0, 0.05) is 23.7 Å². The fourth-order valence-electron chi connectivity index (χ4n) is 4.95. The monoisotopic (exact) mass is 491 g/mol. The molecule has 184 valence electrons. The number of ether oxygens (including phenoxy) is 1. The highest BCUT2D eigenvalue weighted by Gasteiger charge is 2.31. The van der Waals surface area contributed by atoms with E-state index in [0.717, 1.165) is 72.5 Å². The molecule has 4 nitrogen and oxygen atoms in total. The Kier molecular flexibility index (Phi) is 8.17. The number of likely N-dealkylation sites (tertiary alicyclic amines) is 1. The van der Waals surface area contributed by atoms with Crippen LogP contribution in [0.1, 0.15) is 43.7 Å². The molecule has 1 fully saturated rings. The van der Waals surface area contributed by atoms with Gasteiger partial charge in [-0.2, -0.15) is 0 Å². The summed E-state index contributed by atoms with van der Waals surface area (Å²) in [7, 11) is 0. The Morgan fingerprint density at radius 3 is 2.71 bits per heavy atom. The van der Waals surface area contributed by atoms with E-state index < -0.39 is 5.60 Å². The highest BCUT2D eigenvalue weighted by atomic mass is 35.5. The lowest BCUT2D eigenvalue weighted by atomic mass is 9.87. The number of phenols is 1. The zero-order valence-corrected chi connectivity index (χ0v) is 21.1. The van der Waals surface area contributed by atoms with Crippen LogP contribution in [0.5, 0.6) is 11.5 Å². The normalized spacial score (nSPS) is 22.5. The van der Waals surface area contributed by atoms with E-state index >= 15 is 0 Å². The van der Waals surface area contributed by atoms with E-state index in [4.69, 9.17) is 16.3 Å². The van der Waals surface area contributed by atoms with Crippen LogP contribution in [0.4, 0.5) is 0 Å². The van der Waals surface area contributed by atoms with Gasteiger partial charge in [0.1, 0.15) is 18.1 Å². The summed E-state index contributed by atoms with van der Waals surface area (Å²) < 4.78 is 6.03. The first-order valence-electron chi connectivity index (χ1n) is 12.3. The third-order valence-corrected chi connectivity index (χ3v) is 7.18. The van der Waals surface area contributed by atoms with Crippen LogP contribution in [-0.2, 0) is 5.60 Å². The van der Waals surface area contributed by atoms with Gasteiger partial charge in [-0.3, -0.25) is 0 Å². The predicted octanol–water partition coefficient (Wildman–Crippen LogP) is 6.64. The molecule has 0 aromatic heterocycles. The second kappa shape index (κ2) is 11.3. The number of aromatic hydroxyl groups is 1. The number of aliphatic hydroxyl groups is 1. The number of benzene rings is 2. The summed E-state index contributed by atoms with van der Waals surface area (Å²) in [6.07, 6.45) is 11.2. The van der Waals surface area contributed by atoms with E-state index in [-0.39, 0.29) is 5.75 Å². The van der Waals surface area contributed by atoms with Crippen molar-refractivity contribution in [3.63, 3.8) is 0 Å². The number of rotatable bonds is 6. The molecule has 0 bridgehead atoms. The molecule has 2 aromatic rings. The summed E-state index contributed by atoms with van der Waals surface area (Å²) in [4.78, 5) is 2.43. The Bertz CT molecular complexity index is 1150. The third-order valence-electron chi connectivity index (χ3n) is 6.93. The fourth-order valence-corrected chi connectivity index (χ4v) is 5.07. The molecular formula is C30H34ClNO3. The predicted molar refractivity (Wildman–Crippen MR) is 144 cm³/mol. The first kappa shape index (κ1) is 25.3. The number of halogens is 1. The second-order valence-corrected chi connectivity index (χ2v) is 9.83. The van der Waals surface area contributed by atoms with Crippen LogP contribution in [0.2, 0.25) is 5.02 Å². The molecule has 1 saturated heterocycles. The minimum Gasteiger partial charge on any atom is -0.508 e. The Morgan fingerprint density at radius 1 is 1.14 bits per heavy atom. The number of hydrogen-bond donors (Lipinski definition) is 2. The van der Waals surface area contributed by atoms with Crippen LogP contribution in [-0.4, -0.2) is 41.4 Å². The van der Waals surface area contributed by atoms with Crippen molar-refractivity contribution in [1.82, 2.24) is 4.90 Å². The first-order valence-corrected chi connectivity index (χ1v) is 12.6. The maximum absolute atomic E-state index is 11.3. The standard InChI is InChI=1S/C30H34ClNO3/c1-3-4-7-26-22(2)21-35-29-14-13-25(33)20-28(29)27(26)8-5-17-32-18-6-15-30(34,16-19-32)23-9-11-24(31)12-10-23/h3-4,7-14,20,33-34H,1,5-6,15-19,21H2,2H3/b7-4-,27-8+. The quantitative estimate of drug-likeness (QED) is 0.444. The molecule has 1 atom stereocenters. The molecule has 0 spiro atoms. The summed E-state index contributed by atoms with van der Waals surface area (Å²) in [5.41, 5.74) is 4.33. The zero-order chi connectivity index (χ0) is 24.8. The van der Waals surface area contributed by atoms with E-state index in [2.05, 4.69) is 30.6 Å². The number of nitrogens with zero attached hydrogens (tertiary/aromatic N) is 1. The summed E-state index contributed by atoms with van der Waals surface area (Å²) in [5, 5.41) is 22.2. The Hall–Kier alpha value is -2.79. The molecular weight excluding hydrogens is 458 g/mol. The lowest BCUT2D eigenvalue weighted by Gasteiger charge is -2.27. The molecule has 5 heteroatoms. The minimum absolute atomic E-state index is 0.221.